The molecular formula is C12H22O3. The average Bonchev–Trinajstić information content (AvgIpc) is 2.25. The van der Waals surface area contributed by atoms with Crippen LogP contribution in [0.3, 0.4) is 0 Å². The van der Waals surface area contributed by atoms with E-state index in [1.165, 1.54) is 0 Å². The molecule has 1 unspecified atom stereocenters. The van der Waals surface area contributed by atoms with Crippen molar-refractivity contribution in [3.63, 3.8) is 0 Å². The molecule has 1 spiro atoms. The van der Waals surface area contributed by atoms with E-state index in [4.69, 9.17) is 14.2 Å². The molecule has 2 aliphatic rings. The lowest BCUT2D eigenvalue weighted by atomic mass is 9.90. The molecule has 0 aromatic rings. The zero-order valence-electron chi connectivity index (χ0n) is 10.4. The quantitative estimate of drug-likeness (QED) is 0.620. The third kappa shape index (κ3) is 1.61. The summed E-state index contributed by atoms with van der Waals surface area (Å²) in [5.74, 6) is -0.502. The topological polar surface area (TPSA) is 27.7 Å². The second-order valence-corrected chi connectivity index (χ2v) is 5.72. The zero-order chi connectivity index (χ0) is 11.3. The van der Waals surface area contributed by atoms with Crippen LogP contribution in [0.25, 0.3) is 0 Å². The molecule has 0 aromatic carbocycles. The van der Waals surface area contributed by atoms with Gasteiger partial charge in [-0.1, -0.05) is 6.92 Å². The van der Waals surface area contributed by atoms with E-state index in [1.54, 1.807) is 0 Å². The third-order valence-electron chi connectivity index (χ3n) is 3.93. The summed E-state index contributed by atoms with van der Waals surface area (Å²) in [5.41, 5.74) is -0.614. The second-order valence-electron chi connectivity index (χ2n) is 5.72. The molecule has 15 heavy (non-hydrogen) atoms. The molecule has 2 saturated heterocycles. The van der Waals surface area contributed by atoms with Crippen LogP contribution < -0.4 is 0 Å². The van der Waals surface area contributed by atoms with Crippen molar-refractivity contribution in [1.82, 2.24) is 0 Å². The van der Waals surface area contributed by atoms with Crippen molar-refractivity contribution < 1.29 is 14.2 Å². The van der Waals surface area contributed by atoms with Gasteiger partial charge >= 0.3 is 0 Å². The van der Waals surface area contributed by atoms with Gasteiger partial charge in [-0.3, -0.25) is 0 Å². The fraction of sp³-hybridized carbons (Fsp3) is 1.00. The molecule has 3 nitrogen and oxygen atoms in total. The van der Waals surface area contributed by atoms with E-state index in [-0.39, 0.29) is 11.2 Å². The summed E-state index contributed by atoms with van der Waals surface area (Å²) in [7, 11) is 0. The standard InChI is InChI=1S/C12H22O3/c1-9-7-6-8-13-12(9)14-10(2,3)11(4,5)15-12/h9H,6-8H2,1-5H3. The molecule has 0 N–H and O–H groups in total. The SMILES string of the molecule is CC1CCCOC12OC(C)(C)C(C)(C)O2. The van der Waals surface area contributed by atoms with Crippen LogP contribution in [0.1, 0.15) is 47.5 Å². The minimum absolute atomic E-state index is 0.298. The summed E-state index contributed by atoms with van der Waals surface area (Å²) < 4.78 is 17.9. The zero-order valence-corrected chi connectivity index (χ0v) is 10.4. The Morgan fingerprint density at radius 2 is 1.53 bits per heavy atom. The normalized spacial score (nSPS) is 37.0. The van der Waals surface area contributed by atoms with Crippen LogP contribution in [0, 0.1) is 5.92 Å². The molecule has 3 heteroatoms. The van der Waals surface area contributed by atoms with Crippen molar-refractivity contribution in [2.24, 2.45) is 5.92 Å². The maximum Gasteiger partial charge on any atom is 0.286 e. The molecule has 1 atom stereocenters. The summed E-state index contributed by atoms with van der Waals surface area (Å²) in [6, 6.07) is 0. The Morgan fingerprint density at radius 3 is 2.00 bits per heavy atom. The Bertz CT molecular complexity index is 242. The van der Waals surface area contributed by atoms with Crippen LogP contribution in [-0.2, 0) is 14.2 Å². The van der Waals surface area contributed by atoms with Gasteiger partial charge < -0.3 is 14.2 Å². The molecule has 2 fully saturated rings. The van der Waals surface area contributed by atoms with E-state index in [1.807, 2.05) is 0 Å². The highest BCUT2D eigenvalue weighted by Crippen LogP contribution is 2.49. The lowest BCUT2D eigenvalue weighted by Crippen LogP contribution is -2.45. The van der Waals surface area contributed by atoms with Gasteiger partial charge in [0.05, 0.1) is 17.8 Å². The van der Waals surface area contributed by atoms with Crippen molar-refractivity contribution in [2.75, 3.05) is 6.61 Å². The molecule has 0 aliphatic carbocycles. The van der Waals surface area contributed by atoms with Gasteiger partial charge in [0.25, 0.3) is 5.97 Å². The van der Waals surface area contributed by atoms with Crippen molar-refractivity contribution in [2.45, 2.75) is 64.6 Å². The van der Waals surface area contributed by atoms with Crippen molar-refractivity contribution in [1.29, 1.82) is 0 Å². The predicted molar refractivity (Wildman–Crippen MR) is 57.4 cm³/mol. The van der Waals surface area contributed by atoms with Gasteiger partial charge in [-0.15, -0.1) is 0 Å². The summed E-state index contributed by atoms with van der Waals surface area (Å²) in [6.07, 6.45) is 2.20. The molecule has 0 radical (unpaired) electrons. The number of rotatable bonds is 0. The van der Waals surface area contributed by atoms with Crippen molar-refractivity contribution >= 4 is 0 Å². The van der Waals surface area contributed by atoms with Crippen LogP contribution in [0.15, 0.2) is 0 Å². The first-order chi connectivity index (χ1) is 6.79. The Morgan fingerprint density at radius 1 is 1.00 bits per heavy atom. The smallest absolute Gasteiger partial charge is 0.286 e. The van der Waals surface area contributed by atoms with Crippen LogP contribution in [0.5, 0.6) is 0 Å². The van der Waals surface area contributed by atoms with Gasteiger partial charge in [0.15, 0.2) is 0 Å². The molecule has 0 amide bonds. The minimum atomic E-state index is -0.800. The van der Waals surface area contributed by atoms with Gasteiger partial charge in [-0.2, -0.15) is 0 Å². The van der Waals surface area contributed by atoms with Crippen LogP contribution in [-0.4, -0.2) is 23.8 Å². The Hall–Kier alpha value is -0.120. The lowest BCUT2D eigenvalue weighted by Gasteiger charge is -2.37. The third-order valence-corrected chi connectivity index (χ3v) is 3.93. The highest BCUT2D eigenvalue weighted by atomic mass is 16.9. The fourth-order valence-corrected chi connectivity index (χ4v) is 2.16. The molecule has 0 aromatic heterocycles. The molecule has 0 saturated carbocycles. The maximum atomic E-state index is 6.06. The number of ether oxygens (including phenoxy) is 3. The Kier molecular flexibility index (Phi) is 2.42. The molecule has 0 bridgehead atoms. The first kappa shape index (κ1) is 11.4. The maximum absolute atomic E-state index is 6.06. The van der Waals surface area contributed by atoms with E-state index in [0.29, 0.717) is 5.92 Å². The van der Waals surface area contributed by atoms with E-state index < -0.39 is 5.97 Å². The lowest BCUT2D eigenvalue weighted by molar-refractivity contribution is -0.387. The molecule has 88 valence electrons. The van der Waals surface area contributed by atoms with Gasteiger partial charge in [-0.05, 0) is 40.5 Å². The van der Waals surface area contributed by atoms with Gasteiger partial charge in [0, 0.05) is 5.92 Å². The molecule has 2 heterocycles. The number of hydrogen-bond acceptors (Lipinski definition) is 3. The molecule has 2 aliphatic heterocycles. The summed E-state index contributed by atoms with van der Waals surface area (Å²) >= 11 is 0. The summed E-state index contributed by atoms with van der Waals surface area (Å²) in [5, 5.41) is 0. The minimum Gasteiger partial charge on any atom is -0.327 e. The van der Waals surface area contributed by atoms with Crippen molar-refractivity contribution in [3.8, 4) is 0 Å². The first-order valence-electron chi connectivity index (χ1n) is 5.83. The summed E-state index contributed by atoms with van der Waals surface area (Å²) in [6.45, 7) is 11.1. The van der Waals surface area contributed by atoms with E-state index in [2.05, 4.69) is 34.6 Å². The summed E-state index contributed by atoms with van der Waals surface area (Å²) in [4.78, 5) is 0. The van der Waals surface area contributed by atoms with Crippen LogP contribution in [0.2, 0.25) is 0 Å². The predicted octanol–water partition coefficient (Wildman–Crippen LogP) is 2.69. The van der Waals surface area contributed by atoms with Crippen molar-refractivity contribution in [3.05, 3.63) is 0 Å². The van der Waals surface area contributed by atoms with Crippen LogP contribution >= 0.6 is 0 Å². The monoisotopic (exact) mass is 214 g/mol. The van der Waals surface area contributed by atoms with Gasteiger partial charge in [0.1, 0.15) is 0 Å². The largest absolute Gasteiger partial charge is 0.327 e. The van der Waals surface area contributed by atoms with E-state index in [0.717, 1.165) is 19.4 Å². The molecular weight excluding hydrogens is 192 g/mol. The van der Waals surface area contributed by atoms with E-state index >= 15 is 0 Å². The van der Waals surface area contributed by atoms with Gasteiger partial charge in [-0.25, -0.2) is 0 Å². The highest BCUT2D eigenvalue weighted by molar-refractivity contribution is 4.98. The second kappa shape index (κ2) is 3.19. The average molecular weight is 214 g/mol. The van der Waals surface area contributed by atoms with Gasteiger partial charge in [0.2, 0.25) is 0 Å². The van der Waals surface area contributed by atoms with Crippen LogP contribution in [0.4, 0.5) is 0 Å². The van der Waals surface area contributed by atoms with E-state index in [9.17, 15) is 0 Å². The molecule has 2 rings (SSSR count). The fourth-order valence-electron chi connectivity index (χ4n) is 2.16. The Balaban J connectivity index is 2.26. The highest BCUT2D eigenvalue weighted by Gasteiger charge is 2.60. The first-order valence-corrected chi connectivity index (χ1v) is 5.83. The Labute approximate surface area is 92.1 Å². The number of hydrogen-bond donors (Lipinski definition) is 0.